The van der Waals surface area contributed by atoms with Crippen molar-refractivity contribution in [2.75, 3.05) is 32.2 Å². The van der Waals surface area contributed by atoms with E-state index in [0.29, 0.717) is 30.4 Å². The molecule has 0 spiro atoms. The van der Waals surface area contributed by atoms with Crippen LogP contribution in [0.25, 0.3) is 0 Å². The van der Waals surface area contributed by atoms with Gasteiger partial charge < -0.3 is 19.5 Å². The van der Waals surface area contributed by atoms with E-state index in [1.165, 1.54) is 0 Å². The van der Waals surface area contributed by atoms with Crippen LogP contribution in [-0.2, 0) is 4.74 Å². The summed E-state index contributed by atoms with van der Waals surface area (Å²) in [5, 5.41) is 6.03. The molecule has 1 aliphatic rings. The van der Waals surface area contributed by atoms with Crippen LogP contribution in [0.1, 0.15) is 30.1 Å². The van der Waals surface area contributed by atoms with Crippen LogP contribution in [0.3, 0.4) is 0 Å². The molecule has 0 radical (unpaired) electrons. The Balaban J connectivity index is 1.72. The second kappa shape index (κ2) is 10.5. The minimum atomic E-state index is -0.255. The van der Waals surface area contributed by atoms with Gasteiger partial charge in [0, 0.05) is 23.9 Å². The number of rotatable bonds is 7. The van der Waals surface area contributed by atoms with Gasteiger partial charge in [-0.2, -0.15) is 0 Å². The summed E-state index contributed by atoms with van der Waals surface area (Å²) in [6, 6.07) is 14.4. The molecule has 1 fully saturated rings. The molecule has 0 bridgehead atoms. The van der Waals surface area contributed by atoms with Crippen LogP contribution in [0.5, 0.6) is 11.5 Å². The molecule has 3 rings (SSSR count). The van der Waals surface area contributed by atoms with E-state index < -0.39 is 0 Å². The summed E-state index contributed by atoms with van der Waals surface area (Å²) in [7, 11) is 1.61. The van der Waals surface area contributed by atoms with Crippen molar-refractivity contribution in [1.29, 1.82) is 0 Å². The fraction of sp³-hybridized carbons (Fsp3) is 0.364. The van der Waals surface area contributed by atoms with Crippen molar-refractivity contribution in [2.24, 2.45) is 4.99 Å². The molecular formula is C22H27N3O4. The first-order chi connectivity index (χ1) is 14.2. The number of anilines is 1. The third-order valence-corrected chi connectivity index (χ3v) is 4.47. The Kier molecular flexibility index (Phi) is 7.47. The lowest BCUT2D eigenvalue weighted by Crippen LogP contribution is -2.36. The van der Waals surface area contributed by atoms with Gasteiger partial charge in [-0.25, -0.2) is 4.99 Å². The van der Waals surface area contributed by atoms with Gasteiger partial charge in [-0.05, 0) is 56.2 Å². The first-order valence-electron chi connectivity index (χ1n) is 9.79. The highest BCUT2D eigenvalue weighted by Gasteiger charge is 2.16. The van der Waals surface area contributed by atoms with E-state index in [1.54, 1.807) is 31.4 Å². The maximum atomic E-state index is 12.7. The van der Waals surface area contributed by atoms with E-state index in [-0.39, 0.29) is 12.0 Å². The Morgan fingerprint density at radius 2 is 2.03 bits per heavy atom. The molecule has 0 saturated carbocycles. The number of hydrogen-bond donors (Lipinski definition) is 2. The number of nitrogens with zero attached hydrogens (tertiary/aromatic N) is 1. The summed E-state index contributed by atoms with van der Waals surface area (Å²) >= 11 is 0. The average molecular weight is 397 g/mol. The van der Waals surface area contributed by atoms with Gasteiger partial charge in [0.25, 0.3) is 5.91 Å². The third kappa shape index (κ3) is 6.22. The molecule has 1 amide bonds. The largest absolute Gasteiger partial charge is 0.497 e. The van der Waals surface area contributed by atoms with Crippen LogP contribution in [-0.4, -0.2) is 44.8 Å². The number of benzene rings is 2. The lowest BCUT2D eigenvalue weighted by molar-refractivity contribution is 0.0975. The minimum absolute atomic E-state index is 0.0829. The molecule has 0 aromatic heterocycles. The van der Waals surface area contributed by atoms with E-state index in [0.717, 1.165) is 30.9 Å². The van der Waals surface area contributed by atoms with Crippen molar-refractivity contribution in [3.05, 3.63) is 54.1 Å². The van der Waals surface area contributed by atoms with Crippen molar-refractivity contribution in [3.63, 3.8) is 0 Å². The zero-order chi connectivity index (χ0) is 20.5. The normalized spacial score (nSPS) is 16.3. The Labute approximate surface area is 171 Å². The number of guanidine groups is 1. The third-order valence-electron chi connectivity index (χ3n) is 4.47. The van der Waals surface area contributed by atoms with Crippen LogP contribution >= 0.6 is 0 Å². The second-order valence-corrected chi connectivity index (χ2v) is 6.59. The molecule has 1 atom stereocenters. The van der Waals surface area contributed by atoms with Gasteiger partial charge in [-0.1, -0.05) is 6.07 Å². The number of nitrogens with one attached hydrogen (secondary N) is 2. The van der Waals surface area contributed by atoms with Crippen LogP contribution in [0.4, 0.5) is 5.69 Å². The first-order valence-corrected chi connectivity index (χ1v) is 9.79. The van der Waals surface area contributed by atoms with Crippen molar-refractivity contribution >= 4 is 17.6 Å². The Bertz CT molecular complexity index is 830. The van der Waals surface area contributed by atoms with Gasteiger partial charge in [0.15, 0.2) is 0 Å². The zero-order valence-corrected chi connectivity index (χ0v) is 16.8. The fourth-order valence-corrected chi connectivity index (χ4v) is 2.98. The molecule has 1 saturated heterocycles. The summed E-state index contributed by atoms with van der Waals surface area (Å²) in [6.45, 7) is 3.74. The highest BCUT2D eigenvalue weighted by molar-refractivity contribution is 6.10. The van der Waals surface area contributed by atoms with Gasteiger partial charge in [0.05, 0.1) is 26.4 Å². The smallest absolute Gasteiger partial charge is 0.257 e. The van der Waals surface area contributed by atoms with Gasteiger partial charge in [-0.15, -0.1) is 0 Å². The number of aliphatic imine (C=N–C) groups is 1. The molecule has 29 heavy (non-hydrogen) atoms. The van der Waals surface area contributed by atoms with E-state index in [9.17, 15) is 4.79 Å². The number of carbonyl (C=O) groups is 1. The summed E-state index contributed by atoms with van der Waals surface area (Å²) in [5.41, 5.74) is 1.29. The van der Waals surface area contributed by atoms with Crippen LogP contribution in [0.2, 0.25) is 0 Å². The zero-order valence-electron chi connectivity index (χ0n) is 16.8. The topological polar surface area (TPSA) is 81.2 Å². The standard InChI is InChI=1S/C22H27N3O4/c1-3-28-18-11-9-16(10-12-18)21(26)25-22(23-15-20-8-5-13-29-20)24-17-6-4-7-19(14-17)27-2/h4,6-7,9-12,14,20H,3,5,8,13,15H2,1-2H3,(H2,23,24,25,26)/t20-/m0/s1. The molecule has 1 aliphatic heterocycles. The maximum Gasteiger partial charge on any atom is 0.257 e. The van der Waals surface area contributed by atoms with E-state index in [1.807, 2.05) is 31.2 Å². The highest BCUT2D eigenvalue weighted by atomic mass is 16.5. The molecule has 1 heterocycles. The average Bonchev–Trinajstić information content (AvgIpc) is 3.26. The van der Waals surface area contributed by atoms with Gasteiger partial charge in [0.1, 0.15) is 11.5 Å². The summed E-state index contributed by atoms with van der Waals surface area (Å²) in [6.07, 6.45) is 2.10. The minimum Gasteiger partial charge on any atom is -0.497 e. The lowest BCUT2D eigenvalue weighted by atomic mass is 10.2. The SMILES string of the molecule is CCOc1ccc(C(=O)NC(=NC[C@@H]2CCCO2)Nc2cccc(OC)c2)cc1. The van der Waals surface area contributed by atoms with Crippen molar-refractivity contribution in [1.82, 2.24) is 5.32 Å². The lowest BCUT2D eigenvalue weighted by Gasteiger charge is -2.14. The second-order valence-electron chi connectivity index (χ2n) is 6.59. The van der Waals surface area contributed by atoms with E-state index in [4.69, 9.17) is 14.2 Å². The van der Waals surface area contributed by atoms with Gasteiger partial charge in [0.2, 0.25) is 5.96 Å². The summed E-state index contributed by atoms with van der Waals surface area (Å²) in [4.78, 5) is 17.3. The molecule has 2 aromatic rings. The van der Waals surface area contributed by atoms with Gasteiger partial charge in [-0.3, -0.25) is 10.1 Å². The molecule has 7 heteroatoms. The molecule has 2 N–H and O–H groups in total. The van der Waals surface area contributed by atoms with Gasteiger partial charge >= 0.3 is 0 Å². The Hall–Kier alpha value is -3.06. The quantitative estimate of drug-likeness (QED) is 0.552. The maximum absolute atomic E-state index is 12.7. The number of hydrogen-bond acceptors (Lipinski definition) is 5. The Morgan fingerprint density at radius 3 is 2.72 bits per heavy atom. The van der Waals surface area contributed by atoms with E-state index in [2.05, 4.69) is 15.6 Å². The predicted molar refractivity (Wildman–Crippen MR) is 113 cm³/mol. The number of methoxy groups -OCH3 is 1. The number of amides is 1. The number of ether oxygens (including phenoxy) is 3. The fourth-order valence-electron chi connectivity index (χ4n) is 2.98. The Morgan fingerprint density at radius 1 is 1.21 bits per heavy atom. The van der Waals surface area contributed by atoms with E-state index >= 15 is 0 Å². The number of carbonyl (C=O) groups excluding carboxylic acids is 1. The predicted octanol–water partition coefficient (Wildman–Crippen LogP) is 3.47. The summed E-state index contributed by atoms with van der Waals surface area (Å²) in [5.74, 6) is 1.55. The molecule has 154 valence electrons. The van der Waals surface area contributed by atoms with Crippen LogP contribution < -0.4 is 20.1 Å². The molecule has 2 aromatic carbocycles. The molecule has 0 aliphatic carbocycles. The van der Waals surface area contributed by atoms with Crippen LogP contribution in [0.15, 0.2) is 53.5 Å². The first kappa shape index (κ1) is 20.7. The van der Waals surface area contributed by atoms with Crippen molar-refractivity contribution in [2.45, 2.75) is 25.9 Å². The monoisotopic (exact) mass is 397 g/mol. The molecule has 7 nitrogen and oxygen atoms in total. The molecular weight excluding hydrogens is 370 g/mol. The van der Waals surface area contributed by atoms with Crippen LogP contribution in [0, 0.1) is 0 Å². The van der Waals surface area contributed by atoms with Crippen molar-refractivity contribution < 1.29 is 19.0 Å². The van der Waals surface area contributed by atoms with Crippen molar-refractivity contribution in [3.8, 4) is 11.5 Å². The summed E-state index contributed by atoms with van der Waals surface area (Å²) < 4.78 is 16.3. The highest BCUT2D eigenvalue weighted by Crippen LogP contribution is 2.17. The molecule has 0 unspecified atom stereocenters.